The molecule has 2 aromatic rings. The van der Waals surface area contributed by atoms with Crippen molar-refractivity contribution in [2.45, 2.75) is 76.9 Å². The summed E-state index contributed by atoms with van der Waals surface area (Å²) in [4.78, 5) is 5.29. The first-order valence-corrected chi connectivity index (χ1v) is 12.7. The molecule has 1 saturated heterocycles. The van der Waals surface area contributed by atoms with Gasteiger partial charge in [-0.15, -0.1) is 0 Å². The van der Waals surface area contributed by atoms with Crippen molar-refractivity contribution in [1.82, 2.24) is 4.90 Å². The molecule has 31 heavy (non-hydrogen) atoms. The van der Waals surface area contributed by atoms with Gasteiger partial charge in [-0.3, -0.25) is 0 Å². The minimum absolute atomic E-state index is 0.544. The number of benzene rings is 2. The molecule has 3 heteroatoms. The Labute approximate surface area is 188 Å². The van der Waals surface area contributed by atoms with E-state index in [1.54, 1.807) is 0 Å². The molecule has 0 unspecified atom stereocenters. The molecular formula is C28H38N2O. The lowest BCUT2D eigenvalue weighted by Crippen LogP contribution is -2.43. The third-order valence-corrected chi connectivity index (χ3v) is 7.74. The third kappa shape index (κ3) is 4.92. The van der Waals surface area contributed by atoms with Gasteiger partial charge in [-0.1, -0.05) is 75.3 Å². The van der Waals surface area contributed by atoms with Crippen molar-refractivity contribution in [2.24, 2.45) is 5.92 Å². The van der Waals surface area contributed by atoms with Gasteiger partial charge in [0.05, 0.1) is 5.69 Å². The molecule has 0 radical (unpaired) electrons. The molecule has 5 rings (SSSR count). The summed E-state index contributed by atoms with van der Waals surface area (Å²) >= 11 is 0. The zero-order valence-corrected chi connectivity index (χ0v) is 19.0. The van der Waals surface area contributed by atoms with E-state index in [4.69, 9.17) is 4.74 Å². The van der Waals surface area contributed by atoms with E-state index in [0.29, 0.717) is 12.6 Å². The highest BCUT2D eigenvalue weighted by Crippen LogP contribution is 2.42. The third-order valence-electron chi connectivity index (χ3n) is 7.74. The number of piperidine rings is 1. The van der Waals surface area contributed by atoms with Crippen molar-refractivity contribution < 1.29 is 4.74 Å². The number of ether oxygens (including phenoxy) is 1. The lowest BCUT2D eigenvalue weighted by molar-refractivity contribution is 0.206. The summed E-state index contributed by atoms with van der Waals surface area (Å²) < 4.78 is 6.18. The number of hydrogen-bond donors (Lipinski definition) is 0. The van der Waals surface area contributed by atoms with Crippen LogP contribution in [0.2, 0.25) is 0 Å². The Morgan fingerprint density at radius 3 is 2.35 bits per heavy atom. The van der Waals surface area contributed by atoms with Gasteiger partial charge in [-0.25, -0.2) is 0 Å². The maximum absolute atomic E-state index is 6.18. The number of unbranched alkanes of at least 4 members (excludes halogenated alkanes) is 1. The smallest absolute Gasteiger partial charge is 0.143 e. The first-order valence-electron chi connectivity index (χ1n) is 12.7. The van der Waals surface area contributed by atoms with Crippen molar-refractivity contribution >= 4 is 11.4 Å². The first kappa shape index (κ1) is 20.9. The molecule has 2 heterocycles. The summed E-state index contributed by atoms with van der Waals surface area (Å²) in [6.07, 6.45) is 14.1. The summed E-state index contributed by atoms with van der Waals surface area (Å²) in [6, 6.07) is 17.9. The van der Waals surface area contributed by atoms with Gasteiger partial charge in [-0.05, 0) is 49.9 Å². The molecular weight excluding hydrogens is 380 g/mol. The van der Waals surface area contributed by atoms with E-state index in [9.17, 15) is 0 Å². The molecule has 0 atom stereocenters. The molecule has 0 N–H and O–H groups in total. The van der Waals surface area contributed by atoms with Crippen LogP contribution in [0.3, 0.4) is 0 Å². The van der Waals surface area contributed by atoms with E-state index in [-0.39, 0.29) is 0 Å². The Hall–Kier alpha value is -2.00. The van der Waals surface area contributed by atoms with Crippen molar-refractivity contribution in [3.05, 3.63) is 54.1 Å². The van der Waals surface area contributed by atoms with Crippen LogP contribution < -0.4 is 9.64 Å². The average molecular weight is 419 g/mol. The van der Waals surface area contributed by atoms with Crippen LogP contribution in [0.4, 0.5) is 11.4 Å². The molecule has 2 fully saturated rings. The molecule has 3 nitrogen and oxygen atoms in total. The summed E-state index contributed by atoms with van der Waals surface area (Å²) in [5.41, 5.74) is 3.86. The Morgan fingerprint density at radius 2 is 1.52 bits per heavy atom. The van der Waals surface area contributed by atoms with Crippen LogP contribution in [0.5, 0.6) is 5.75 Å². The van der Waals surface area contributed by atoms with E-state index < -0.39 is 0 Å². The SMILES string of the molecule is c1ccc2c(c1)COc1ccccc1N2C1CCN(CCCCC2CCCCC2)CC1. The molecule has 1 saturated carbocycles. The van der Waals surface area contributed by atoms with Gasteiger partial charge in [0.15, 0.2) is 0 Å². The molecule has 166 valence electrons. The number of nitrogens with zero attached hydrogens (tertiary/aromatic N) is 2. The maximum Gasteiger partial charge on any atom is 0.143 e. The lowest BCUT2D eigenvalue weighted by Gasteiger charge is -2.40. The Morgan fingerprint density at radius 1 is 0.774 bits per heavy atom. The second-order valence-corrected chi connectivity index (χ2v) is 9.83. The van der Waals surface area contributed by atoms with E-state index in [1.165, 1.54) is 101 Å². The van der Waals surface area contributed by atoms with Crippen molar-refractivity contribution in [3.63, 3.8) is 0 Å². The number of para-hydroxylation sites is 3. The monoisotopic (exact) mass is 418 g/mol. The van der Waals surface area contributed by atoms with Crippen LogP contribution in [0.1, 0.15) is 69.8 Å². The van der Waals surface area contributed by atoms with Gasteiger partial charge in [0.1, 0.15) is 12.4 Å². The number of likely N-dealkylation sites (tertiary alicyclic amines) is 1. The molecule has 2 aliphatic heterocycles. The quantitative estimate of drug-likeness (QED) is 0.473. The molecule has 2 aromatic carbocycles. The Bertz CT molecular complexity index is 789. The van der Waals surface area contributed by atoms with Gasteiger partial charge < -0.3 is 14.5 Å². The lowest BCUT2D eigenvalue weighted by atomic mass is 9.86. The van der Waals surface area contributed by atoms with Gasteiger partial charge in [-0.2, -0.15) is 0 Å². The van der Waals surface area contributed by atoms with Crippen molar-refractivity contribution in [2.75, 3.05) is 24.5 Å². The Balaban J connectivity index is 1.19. The summed E-state index contributed by atoms with van der Waals surface area (Å²) in [7, 11) is 0. The molecule has 0 spiro atoms. The topological polar surface area (TPSA) is 15.7 Å². The highest BCUT2D eigenvalue weighted by atomic mass is 16.5. The van der Waals surface area contributed by atoms with E-state index in [2.05, 4.69) is 58.3 Å². The van der Waals surface area contributed by atoms with Crippen LogP contribution in [-0.2, 0) is 6.61 Å². The number of fused-ring (bicyclic) bond motifs is 2. The molecule has 0 amide bonds. The number of anilines is 2. The molecule has 3 aliphatic rings. The number of hydrogen-bond acceptors (Lipinski definition) is 3. The highest BCUT2D eigenvalue weighted by molar-refractivity contribution is 5.73. The van der Waals surface area contributed by atoms with Crippen LogP contribution in [0.25, 0.3) is 0 Å². The number of rotatable bonds is 6. The zero-order chi connectivity index (χ0) is 20.9. The maximum atomic E-state index is 6.18. The van der Waals surface area contributed by atoms with Crippen LogP contribution in [0, 0.1) is 5.92 Å². The van der Waals surface area contributed by atoms with Crippen molar-refractivity contribution in [3.8, 4) is 5.75 Å². The minimum atomic E-state index is 0.544. The average Bonchev–Trinajstić information content (AvgIpc) is 3.00. The van der Waals surface area contributed by atoms with Crippen LogP contribution in [-0.4, -0.2) is 30.6 Å². The zero-order valence-electron chi connectivity index (χ0n) is 19.0. The van der Waals surface area contributed by atoms with Crippen LogP contribution in [0.15, 0.2) is 48.5 Å². The molecule has 0 bridgehead atoms. The first-order chi connectivity index (χ1) is 15.4. The predicted octanol–water partition coefficient (Wildman–Crippen LogP) is 6.93. The van der Waals surface area contributed by atoms with Gasteiger partial charge in [0.2, 0.25) is 0 Å². The van der Waals surface area contributed by atoms with Gasteiger partial charge in [0.25, 0.3) is 0 Å². The minimum Gasteiger partial charge on any atom is -0.487 e. The summed E-state index contributed by atoms with van der Waals surface area (Å²) in [5, 5.41) is 0. The fourth-order valence-electron chi connectivity index (χ4n) is 5.97. The summed E-state index contributed by atoms with van der Waals surface area (Å²) in [5.74, 6) is 2.05. The predicted molar refractivity (Wildman–Crippen MR) is 129 cm³/mol. The second-order valence-electron chi connectivity index (χ2n) is 9.83. The largest absolute Gasteiger partial charge is 0.487 e. The van der Waals surface area contributed by atoms with E-state index >= 15 is 0 Å². The highest BCUT2D eigenvalue weighted by Gasteiger charge is 2.30. The second kappa shape index (κ2) is 10.1. The van der Waals surface area contributed by atoms with Gasteiger partial charge in [0, 0.05) is 30.4 Å². The van der Waals surface area contributed by atoms with Crippen LogP contribution >= 0.6 is 0 Å². The Kier molecular flexibility index (Phi) is 6.79. The molecule has 1 aliphatic carbocycles. The fraction of sp³-hybridized carbons (Fsp3) is 0.571. The normalized spacial score (nSPS) is 20.6. The van der Waals surface area contributed by atoms with E-state index in [1.807, 2.05) is 0 Å². The standard InChI is InChI=1S/C28H38N2O/c1-2-10-23(11-3-1)12-8-9-19-29-20-17-25(18-21-29)30-26-14-5-4-13-24(26)22-31-28-16-7-6-15-27(28)30/h4-7,13-16,23,25H,1-3,8-12,17-22H2. The van der Waals surface area contributed by atoms with Gasteiger partial charge >= 0.3 is 0 Å². The van der Waals surface area contributed by atoms with Crippen molar-refractivity contribution in [1.29, 1.82) is 0 Å². The molecule has 0 aromatic heterocycles. The fourth-order valence-corrected chi connectivity index (χ4v) is 5.97. The van der Waals surface area contributed by atoms with E-state index in [0.717, 1.165) is 11.7 Å². The summed E-state index contributed by atoms with van der Waals surface area (Å²) in [6.45, 7) is 4.38.